The number of hydrogen-bond donors (Lipinski definition) is 2. The second kappa shape index (κ2) is 9.06. The van der Waals surface area contributed by atoms with Crippen LogP contribution in [0, 0.1) is 16.0 Å². The molecule has 0 bridgehead atoms. The van der Waals surface area contributed by atoms with Crippen molar-refractivity contribution in [1.29, 1.82) is 0 Å². The average Bonchev–Trinajstić information content (AvgIpc) is 3.58. The van der Waals surface area contributed by atoms with Crippen molar-refractivity contribution < 1.29 is 32.9 Å². The highest BCUT2D eigenvalue weighted by atomic mass is 32.2. The number of benzene rings is 1. The number of nitro benzene ring substituents is 1. The first-order chi connectivity index (χ1) is 15.1. The summed E-state index contributed by atoms with van der Waals surface area (Å²) in [6.45, 7) is 2.74. The number of carbonyl (C=O) groups is 2. The monoisotopic (exact) mass is 466 g/mol. The maximum Gasteiger partial charge on any atom is 0.408 e. The van der Waals surface area contributed by atoms with Crippen molar-refractivity contribution in [3.05, 3.63) is 58.7 Å². The molecular formula is C19H22N4O8S. The van der Waals surface area contributed by atoms with Crippen molar-refractivity contribution in [2.24, 2.45) is 11.7 Å². The Kier molecular flexibility index (Phi) is 6.62. The van der Waals surface area contributed by atoms with Crippen LogP contribution in [0.25, 0.3) is 0 Å². The van der Waals surface area contributed by atoms with E-state index < -0.39 is 56.2 Å². The number of nitro groups is 1. The van der Waals surface area contributed by atoms with Crippen LogP contribution in [-0.2, 0) is 19.7 Å². The summed E-state index contributed by atoms with van der Waals surface area (Å²) in [7, 11) is -4.62. The Morgan fingerprint density at radius 2 is 2.03 bits per heavy atom. The van der Waals surface area contributed by atoms with E-state index in [1.165, 1.54) is 24.3 Å². The number of rotatable bonds is 9. The molecule has 2 atom stereocenters. The van der Waals surface area contributed by atoms with Crippen molar-refractivity contribution in [2.75, 3.05) is 13.2 Å². The Hall–Kier alpha value is -3.29. The van der Waals surface area contributed by atoms with Crippen LogP contribution >= 0.6 is 0 Å². The molecule has 1 heterocycles. The molecule has 172 valence electrons. The standard InChI is InChI=1S/C19H22N4O8S/c1-2-9-31-23(32(29,30)16-6-4-3-5-15(16)22(27)28)13-10-14(12-7-8-12)17(18(20)24)21(11-13)19(25)26/h2-6,10,12-13,17H,1,7-9,11H2,(H2,20,24)(H,25,26)/t13-,17+/m1/s1. The number of nitrogens with two attached hydrogens (primary N) is 1. The molecule has 2 aliphatic rings. The second-order valence-electron chi connectivity index (χ2n) is 7.32. The minimum Gasteiger partial charge on any atom is -0.465 e. The lowest BCUT2D eigenvalue weighted by Gasteiger charge is -2.39. The number of carboxylic acid groups (broad SMARTS) is 1. The van der Waals surface area contributed by atoms with Crippen molar-refractivity contribution in [2.45, 2.75) is 29.8 Å². The number of nitrogens with zero attached hydrogens (tertiary/aromatic N) is 3. The van der Waals surface area contributed by atoms with E-state index in [9.17, 15) is 33.2 Å². The third-order valence-electron chi connectivity index (χ3n) is 5.13. The van der Waals surface area contributed by atoms with Crippen molar-refractivity contribution >= 4 is 27.7 Å². The molecule has 13 heteroatoms. The summed E-state index contributed by atoms with van der Waals surface area (Å²) in [4.78, 5) is 40.0. The zero-order valence-corrected chi connectivity index (χ0v) is 17.7. The largest absolute Gasteiger partial charge is 0.465 e. The Balaban J connectivity index is 2.13. The predicted molar refractivity (Wildman–Crippen MR) is 111 cm³/mol. The second-order valence-corrected chi connectivity index (χ2v) is 9.07. The molecule has 3 rings (SSSR count). The molecule has 0 saturated heterocycles. The van der Waals surface area contributed by atoms with Crippen LogP contribution in [0.15, 0.2) is 53.5 Å². The zero-order valence-electron chi connectivity index (χ0n) is 16.9. The van der Waals surface area contributed by atoms with Gasteiger partial charge in [0.2, 0.25) is 5.91 Å². The van der Waals surface area contributed by atoms with E-state index >= 15 is 0 Å². The van der Waals surface area contributed by atoms with Gasteiger partial charge in [0.05, 0.1) is 17.6 Å². The van der Waals surface area contributed by atoms with Crippen LogP contribution in [-0.4, -0.2) is 65.1 Å². The molecule has 1 aromatic carbocycles. The fourth-order valence-corrected chi connectivity index (χ4v) is 5.19. The molecule has 12 nitrogen and oxygen atoms in total. The first kappa shape index (κ1) is 23.4. The summed E-state index contributed by atoms with van der Waals surface area (Å²) >= 11 is 0. The number of hydrogen-bond acceptors (Lipinski definition) is 7. The molecule has 2 amide bonds. The summed E-state index contributed by atoms with van der Waals surface area (Å²) in [5.41, 5.74) is 5.18. The van der Waals surface area contributed by atoms with E-state index in [0.29, 0.717) is 22.9 Å². The van der Waals surface area contributed by atoms with E-state index in [1.807, 2.05) is 0 Å². The third kappa shape index (κ3) is 4.49. The Morgan fingerprint density at radius 1 is 1.38 bits per heavy atom. The van der Waals surface area contributed by atoms with Gasteiger partial charge in [-0.1, -0.05) is 28.8 Å². The summed E-state index contributed by atoms with van der Waals surface area (Å²) in [6, 6.07) is 2.32. The molecule has 0 radical (unpaired) electrons. The SMILES string of the molecule is C=CCON([C@@H]1C=C(C2CC2)[C@@H](C(N)=O)N(C(=O)O)C1)S(=O)(=O)c1ccccc1[N+](=O)[O-]. The first-order valence-corrected chi connectivity index (χ1v) is 11.1. The number of hydroxylamine groups is 1. The van der Waals surface area contributed by atoms with Crippen LogP contribution in [0.2, 0.25) is 0 Å². The third-order valence-corrected chi connectivity index (χ3v) is 6.88. The predicted octanol–water partition coefficient (Wildman–Crippen LogP) is 1.26. The maximum atomic E-state index is 13.4. The van der Waals surface area contributed by atoms with Crippen molar-refractivity contribution in [3.63, 3.8) is 0 Å². The van der Waals surface area contributed by atoms with Gasteiger partial charge in [0.15, 0.2) is 4.90 Å². The smallest absolute Gasteiger partial charge is 0.408 e. The fraction of sp³-hybridized carbons (Fsp3) is 0.368. The van der Waals surface area contributed by atoms with Gasteiger partial charge in [-0.15, -0.1) is 6.58 Å². The van der Waals surface area contributed by atoms with Gasteiger partial charge in [0.25, 0.3) is 15.7 Å². The molecule has 1 saturated carbocycles. The minimum absolute atomic E-state index is 0.118. The summed E-state index contributed by atoms with van der Waals surface area (Å²) in [6.07, 6.45) is 2.66. The molecule has 1 aliphatic heterocycles. The molecule has 3 N–H and O–H groups in total. The minimum atomic E-state index is -4.62. The lowest BCUT2D eigenvalue weighted by atomic mass is 9.93. The molecule has 0 unspecified atom stereocenters. The van der Waals surface area contributed by atoms with Gasteiger partial charge < -0.3 is 10.8 Å². The number of amides is 2. The molecule has 32 heavy (non-hydrogen) atoms. The Labute approximate surface area is 183 Å². The lowest BCUT2D eigenvalue weighted by Crippen LogP contribution is -2.57. The van der Waals surface area contributed by atoms with Crippen molar-refractivity contribution in [1.82, 2.24) is 9.37 Å². The van der Waals surface area contributed by atoms with Crippen LogP contribution in [0.1, 0.15) is 12.8 Å². The quantitative estimate of drug-likeness (QED) is 0.311. The Morgan fingerprint density at radius 3 is 2.56 bits per heavy atom. The summed E-state index contributed by atoms with van der Waals surface area (Å²) in [5.74, 6) is -0.990. The fourth-order valence-electron chi connectivity index (χ4n) is 3.66. The molecule has 0 aromatic heterocycles. The van der Waals surface area contributed by atoms with E-state index in [0.717, 1.165) is 17.0 Å². The van der Waals surface area contributed by atoms with Crippen LogP contribution in [0.4, 0.5) is 10.5 Å². The van der Waals surface area contributed by atoms with Crippen molar-refractivity contribution in [3.8, 4) is 0 Å². The summed E-state index contributed by atoms with van der Waals surface area (Å²) < 4.78 is 27.4. The van der Waals surface area contributed by atoms with Gasteiger partial charge in [0.1, 0.15) is 6.04 Å². The average molecular weight is 466 g/mol. The van der Waals surface area contributed by atoms with Gasteiger partial charge in [-0.3, -0.25) is 24.6 Å². The number of carbonyl (C=O) groups excluding carboxylic acids is 1. The molecule has 1 aliphatic carbocycles. The van der Waals surface area contributed by atoms with Gasteiger partial charge in [-0.2, -0.15) is 0 Å². The van der Waals surface area contributed by atoms with Gasteiger partial charge in [-0.25, -0.2) is 13.2 Å². The highest BCUT2D eigenvalue weighted by molar-refractivity contribution is 7.89. The highest BCUT2D eigenvalue weighted by Gasteiger charge is 2.46. The van der Waals surface area contributed by atoms with Crippen LogP contribution < -0.4 is 5.73 Å². The van der Waals surface area contributed by atoms with Gasteiger partial charge in [0, 0.05) is 12.6 Å². The molecular weight excluding hydrogens is 444 g/mol. The maximum absolute atomic E-state index is 13.4. The molecule has 1 aromatic rings. The molecule has 1 fully saturated rings. The van der Waals surface area contributed by atoms with Gasteiger partial charge in [-0.05, 0) is 30.4 Å². The highest BCUT2D eigenvalue weighted by Crippen LogP contribution is 2.42. The van der Waals surface area contributed by atoms with E-state index in [1.54, 1.807) is 0 Å². The normalized spacial score (nSPS) is 21.2. The number of para-hydroxylation sites is 1. The molecule has 0 spiro atoms. The number of sulfonamides is 1. The lowest BCUT2D eigenvalue weighted by molar-refractivity contribution is -0.387. The van der Waals surface area contributed by atoms with E-state index in [4.69, 9.17) is 10.6 Å². The van der Waals surface area contributed by atoms with E-state index in [-0.39, 0.29) is 12.5 Å². The zero-order chi connectivity index (χ0) is 23.6. The van der Waals surface area contributed by atoms with E-state index in [2.05, 4.69) is 6.58 Å². The van der Waals surface area contributed by atoms with Crippen LogP contribution in [0.3, 0.4) is 0 Å². The summed E-state index contributed by atoms with van der Waals surface area (Å²) in [5, 5.41) is 21.1. The topological polar surface area (TPSA) is 173 Å². The first-order valence-electron chi connectivity index (χ1n) is 9.61. The van der Waals surface area contributed by atoms with Gasteiger partial charge >= 0.3 is 6.09 Å². The Bertz CT molecular complexity index is 1080. The number of primary amides is 1. The van der Waals surface area contributed by atoms with Crippen LogP contribution in [0.5, 0.6) is 0 Å².